The van der Waals surface area contributed by atoms with E-state index in [1.165, 1.54) is 47.9 Å². The van der Waals surface area contributed by atoms with E-state index in [1.54, 1.807) is 20.8 Å². The maximum absolute atomic E-state index is 14.1. The van der Waals surface area contributed by atoms with Crippen molar-refractivity contribution in [3.05, 3.63) is 110 Å². The van der Waals surface area contributed by atoms with Crippen LogP contribution >= 0.6 is 24.0 Å². The predicted octanol–water partition coefficient (Wildman–Crippen LogP) is 7.18. The van der Waals surface area contributed by atoms with Gasteiger partial charge >= 0.3 is 5.97 Å². The Bertz CT molecular complexity index is 1960. The first kappa shape index (κ1) is 40.8. The number of halogens is 5. The number of Topliss-reactive ketones (excluding diaryl/α,β-unsaturated/α-hetero) is 1. The Kier molecular flexibility index (Phi) is 12.6. The molecule has 18 heteroatoms. The summed E-state index contributed by atoms with van der Waals surface area (Å²) in [5.41, 5.74) is -1.57. The van der Waals surface area contributed by atoms with Gasteiger partial charge in [0, 0.05) is 17.5 Å². The van der Waals surface area contributed by atoms with Gasteiger partial charge in [0.2, 0.25) is 51.6 Å². The molecule has 282 valence electrons. The van der Waals surface area contributed by atoms with Crippen LogP contribution in [0.1, 0.15) is 50.5 Å². The molecule has 1 amide bonds. The molecule has 1 aliphatic heterocycles. The average Bonchev–Trinajstić information content (AvgIpc) is 3.11. The molecule has 1 N–H and O–H groups in total. The van der Waals surface area contributed by atoms with Crippen molar-refractivity contribution >= 4 is 52.4 Å². The van der Waals surface area contributed by atoms with E-state index in [4.69, 9.17) is 21.7 Å². The number of esters is 1. The summed E-state index contributed by atoms with van der Waals surface area (Å²) in [7, 11) is 0. The Hall–Kier alpha value is -4.94. The lowest BCUT2D eigenvalue weighted by atomic mass is 9.87. The third-order valence-corrected chi connectivity index (χ3v) is 9.16. The van der Waals surface area contributed by atoms with Crippen molar-refractivity contribution in [1.29, 1.82) is 0 Å². The predicted molar refractivity (Wildman–Crippen MR) is 184 cm³/mol. The summed E-state index contributed by atoms with van der Waals surface area (Å²) in [6.45, 7) is 7.68. The van der Waals surface area contributed by atoms with Gasteiger partial charge < -0.3 is 19.3 Å². The van der Waals surface area contributed by atoms with Gasteiger partial charge in [0.05, 0.1) is 27.9 Å². The van der Waals surface area contributed by atoms with Gasteiger partial charge in [-0.05, 0) is 66.9 Å². The quantitative estimate of drug-likeness (QED) is 0.0161. The van der Waals surface area contributed by atoms with Crippen molar-refractivity contribution in [2.75, 3.05) is 5.75 Å². The summed E-state index contributed by atoms with van der Waals surface area (Å²) in [5.74, 6) is -17.4. The Morgan fingerprint density at radius 2 is 1.51 bits per heavy atom. The van der Waals surface area contributed by atoms with E-state index in [1.807, 2.05) is 6.92 Å². The minimum Gasteiger partial charge on any atom is -0.477 e. The zero-order valence-corrected chi connectivity index (χ0v) is 30.2. The summed E-state index contributed by atoms with van der Waals surface area (Å²) in [4.78, 5) is 52.0. The van der Waals surface area contributed by atoms with Crippen LogP contribution in [0.5, 0.6) is 11.5 Å². The highest BCUT2D eigenvalue weighted by atomic mass is 32.2. The number of nitrogens with zero attached hydrogens (tertiary/aromatic N) is 2. The average molecular weight is 783 g/mol. The fourth-order valence-corrected chi connectivity index (χ4v) is 6.40. The number of β-lactam (4-membered cyclic amide) rings is 1. The molecule has 3 aromatic carbocycles. The monoisotopic (exact) mass is 782 g/mol. The molecule has 1 aliphatic rings. The number of hydrogen-bond acceptors (Lipinski definition) is 11. The van der Waals surface area contributed by atoms with Crippen molar-refractivity contribution in [3.8, 4) is 11.5 Å². The number of benzene rings is 3. The van der Waals surface area contributed by atoms with Gasteiger partial charge in [-0.15, -0.1) is 11.8 Å². The lowest BCUT2D eigenvalue weighted by Crippen LogP contribution is -2.63. The molecule has 0 bridgehead atoms. The van der Waals surface area contributed by atoms with Crippen molar-refractivity contribution in [1.82, 2.24) is 4.90 Å². The maximum Gasteiger partial charge on any atom is 0.343 e. The van der Waals surface area contributed by atoms with Crippen LogP contribution in [0.25, 0.3) is 0 Å². The topological polar surface area (TPSA) is 146 Å². The number of hydrogen-bond donors (Lipinski definition) is 1. The molecule has 0 aliphatic carbocycles. The maximum atomic E-state index is 14.1. The van der Waals surface area contributed by atoms with Crippen LogP contribution < -0.4 is 9.47 Å². The van der Waals surface area contributed by atoms with Crippen LogP contribution in [0, 0.1) is 50.5 Å². The molecule has 3 atom stereocenters. The second-order valence-electron chi connectivity index (χ2n) is 12.5. The van der Waals surface area contributed by atoms with Gasteiger partial charge in [0.15, 0.2) is 5.76 Å². The van der Waals surface area contributed by atoms with E-state index >= 15 is 0 Å². The van der Waals surface area contributed by atoms with Gasteiger partial charge in [-0.2, -0.15) is 8.78 Å². The fourth-order valence-electron chi connectivity index (χ4n) is 4.89. The number of thioether (sulfide) groups is 1. The number of aliphatic hydroxyl groups is 1. The number of carbonyl (C=O) groups excluding carboxylic acids is 3. The molecule has 0 saturated carbocycles. The number of ketones is 1. The van der Waals surface area contributed by atoms with Crippen molar-refractivity contribution in [3.63, 3.8) is 0 Å². The number of allylic oxidation sites excluding steroid dienone is 1. The second kappa shape index (κ2) is 16.4. The number of carbonyl (C=O) groups is 3. The molecule has 0 spiro atoms. The molecule has 1 fully saturated rings. The SMILES string of the molecule is CCS[C@@H]1[C@@H]([C@@H](C)O)C(=O)N1C(C(=S)OCc1ccc([N+](=O)[O-])cc1)=C(Oc1ccc(C(=O)Oc2c(F)c(F)c(F)c(F)c2F)cc1)C(=O)C(C)(C)C. The number of nitro groups is 1. The number of nitro benzene ring substituents is 1. The molecule has 4 rings (SSSR count). The van der Waals surface area contributed by atoms with Crippen LogP contribution in [-0.4, -0.2) is 54.9 Å². The normalized spacial score (nSPS) is 16.7. The molecular formula is C35H31F5N2O9S2. The number of amides is 1. The van der Waals surface area contributed by atoms with Crippen molar-refractivity contribution in [2.24, 2.45) is 11.3 Å². The summed E-state index contributed by atoms with van der Waals surface area (Å²) >= 11 is 6.90. The highest BCUT2D eigenvalue weighted by Crippen LogP contribution is 2.42. The van der Waals surface area contributed by atoms with E-state index in [0.29, 0.717) is 11.3 Å². The van der Waals surface area contributed by atoms with Crippen molar-refractivity contribution in [2.45, 2.75) is 52.7 Å². The molecule has 53 heavy (non-hydrogen) atoms. The van der Waals surface area contributed by atoms with Crippen LogP contribution in [0.3, 0.4) is 0 Å². The van der Waals surface area contributed by atoms with Crippen LogP contribution in [0.2, 0.25) is 0 Å². The van der Waals surface area contributed by atoms with E-state index in [0.717, 1.165) is 24.3 Å². The summed E-state index contributed by atoms with van der Waals surface area (Å²) in [5, 5.41) is 20.4. The number of non-ortho nitro benzene ring substituents is 1. The number of thiocarbonyl (C=S) groups is 1. The molecule has 0 radical (unpaired) electrons. The van der Waals surface area contributed by atoms with E-state index in [9.17, 15) is 51.6 Å². The lowest BCUT2D eigenvalue weighted by molar-refractivity contribution is -0.384. The van der Waals surface area contributed by atoms with E-state index < -0.39 is 91.6 Å². The summed E-state index contributed by atoms with van der Waals surface area (Å²) in [6.07, 6.45) is -1.08. The van der Waals surface area contributed by atoms with E-state index in [-0.39, 0.29) is 28.8 Å². The molecule has 0 unspecified atom stereocenters. The molecule has 11 nitrogen and oxygen atoms in total. The van der Waals surface area contributed by atoms with Crippen LogP contribution in [0.15, 0.2) is 60.0 Å². The molecule has 1 saturated heterocycles. The fraction of sp³-hybridized carbons (Fsp3) is 0.314. The molecule has 0 aromatic heterocycles. The Morgan fingerprint density at radius 3 is 2.00 bits per heavy atom. The Morgan fingerprint density at radius 1 is 0.962 bits per heavy atom. The second-order valence-corrected chi connectivity index (χ2v) is 14.3. The molecular weight excluding hydrogens is 752 g/mol. The lowest BCUT2D eigenvalue weighted by Gasteiger charge is -2.48. The van der Waals surface area contributed by atoms with Crippen LogP contribution in [0.4, 0.5) is 27.6 Å². The number of ether oxygens (including phenoxy) is 3. The smallest absolute Gasteiger partial charge is 0.343 e. The Labute approximate surface area is 308 Å². The number of likely N-dealkylation sites (tertiary alicyclic amines) is 1. The highest BCUT2D eigenvalue weighted by Gasteiger charge is 2.54. The van der Waals surface area contributed by atoms with Gasteiger partial charge in [-0.3, -0.25) is 24.6 Å². The van der Waals surface area contributed by atoms with Crippen molar-refractivity contribution < 1.29 is 60.6 Å². The third-order valence-electron chi connectivity index (χ3n) is 7.67. The zero-order chi connectivity index (χ0) is 39.5. The highest BCUT2D eigenvalue weighted by molar-refractivity contribution is 8.00. The zero-order valence-electron chi connectivity index (χ0n) is 28.6. The largest absolute Gasteiger partial charge is 0.477 e. The van der Waals surface area contributed by atoms with Crippen LogP contribution in [-0.2, 0) is 20.9 Å². The van der Waals surface area contributed by atoms with Gasteiger partial charge in [0.1, 0.15) is 18.1 Å². The van der Waals surface area contributed by atoms with Gasteiger partial charge in [-0.25, -0.2) is 18.0 Å². The van der Waals surface area contributed by atoms with E-state index in [2.05, 4.69) is 4.74 Å². The first-order chi connectivity index (χ1) is 24.8. The minimum absolute atomic E-state index is 0.138. The third kappa shape index (κ3) is 8.66. The minimum atomic E-state index is -2.44. The molecule has 1 heterocycles. The number of rotatable bonds is 13. The summed E-state index contributed by atoms with van der Waals surface area (Å²) in [6, 6.07) is 9.62. The standard InChI is InChI=1S/C35H31F5N2O9S2/c1-6-53-32-21(16(2)43)31(45)41(32)27(34(52)49-15-17-7-11-19(12-8-17)42(47)48)29(30(44)35(3,4)5)50-20-13-9-18(10-14-20)33(46)51-28-25(39)23(37)22(36)24(38)26(28)40/h7-14,16,21,32,43H,6,15H2,1-5H3/t16-,21+,32-/m1/s1. The van der Waals surface area contributed by atoms with Gasteiger partial charge in [0.25, 0.3) is 5.69 Å². The number of aliphatic hydroxyl groups excluding tert-OH is 1. The first-order valence-electron chi connectivity index (χ1n) is 15.6. The first-order valence-corrected chi connectivity index (χ1v) is 17.1. The summed E-state index contributed by atoms with van der Waals surface area (Å²) < 4.78 is 85.4. The van der Waals surface area contributed by atoms with Gasteiger partial charge in [-0.1, -0.05) is 27.7 Å². The molecule has 3 aromatic rings. The Balaban J connectivity index is 1.75.